The lowest BCUT2D eigenvalue weighted by atomic mass is 10.2. The minimum atomic E-state index is 0.819. The first-order valence-corrected chi connectivity index (χ1v) is 6.79. The summed E-state index contributed by atoms with van der Waals surface area (Å²) < 4.78 is 0. The Hall–Kier alpha value is -2.94. The Morgan fingerprint density at radius 3 is 1.86 bits per heavy atom. The first-order chi connectivity index (χ1) is 10.4. The van der Waals surface area contributed by atoms with Crippen LogP contribution in [0.5, 0.6) is 0 Å². The maximum Gasteiger partial charge on any atom is 0.0877 e. The van der Waals surface area contributed by atoms with Crippen molar-refractivity contribution in [3.8, 4) is 0 Å². The zero-order chi connectivity index (χ0) is 14.3. The van der Waals surface area contributed by atoms with Gasteiger partial charge in [-0.3, -0.25) is 0 Å². The van der Waals surface area contributed by atoms with Crippen molar-refractivity contribution in [2.75, 3.05) is 5.32 Å². The molecule has 0 aliphatic carbocycles. The van der Waals surface area contributed by atoms with Crippen LogP contribution in [0.25, 0.3) is 0 Å². The van der Waals surface area contributed by atoms with Crippen molar-refractivity contribution in [1.29, 1.82) is 0 Å². The molecule has 102 valence electrons. The fourth-order valence-corrected chi connectivity index (χ4v) is 1.94. The Labute approximate surface area is 124 Å². The second-order valence-corrected chi connectivity index (χ2v) is 4.58. The molecule has 0 aromatic heterocycles. The van der Waals surface area contributed by atoms with Gasteiger partial charge in [0.25, 0.3) is 0 Å². The van der Waals surface area contributed by atoms with Crippen LogP contribution in [-0.4, -0.2) is 0 Å². The van der Waals surface area contributed by atoms with E-state index in [1.807, 2.05) is 84.9 Å². The molecule has 0 fully saturated rings. The van der Waals surface area contributed by atoms with Crippen molar-refractivity contribution in [3.63, 3.8) is 0 Å². The summed E-state index contributed by atoms with van der Waals surface area (Å²) in [7, 11) is 0. The van der Waals surface area contributed by atoms with Gasteiger partial charge in [0, 0.05) is 11.4 Å². The Morgan fingerprint density at radius 1 is 0.524 bits per heavy atom. The van der Waals surface area contributed by atoms with Gasteiger partial charge in [-0.2, -0.15) is 10.2 Å². The van der Waals surface area contributed by atoms with E-state index in [1.54, 1.807) is 0 Å². The summed E-state index contributed by atoms with van der Waals surface area (Å²) in [6.45, 7) is 0. The van der Waals surface area contributed by atoms with Crippen LogP contribution in [-0.2, 0) is 0 Å². The summed E-state index contributed by atoms with van der Waals surface area (Å²) in [4.78, 5) is 0. The number of azo groups is 1. The van der Waals surface area contributed by atoms with Gasteiger partial charge >= 0.3 is 0 Å². The van der Waals surface area contributed by atoms with Crippen LogP contribution < -0.4 is 5.32 Å². The van der Waals surface area contributed by atoms with Gasteiger partial charge < -0.3 is 5.32 Å². The quantitative estimate of drug-likeness (QED) is 0.595. The Kier molecular flexibility index (Phi) is 4.03. The molecule has 0 bridgehead atoms. The van der Waals surface area contributed by atoms with Gasteiger partial charge in [0.1, 0.15) is 0 Å². The Bertz CT molecular complexity index is 722. The maximum atomic E-state index is 4.26. The third-order valence-electron chi connectivity index (χ3n) is 2.95. The molecule has 0 saturated heterocycles. The molecule has 0 saturated carbocycles. The minimum absolute atomic E-state index is 0.819. The Balaban J connectivity index is 1.76. The SMILES string of the molecule is c1ccc(N=Nc2cccc(Nc3ccccc3)c2)cc1. The molecule has 0 spiro atoms. The molecule has 3 rings (SSSR count). The summed E-state index contributed by atoms with van der Waals surface area (Å²) in [5.41, 5.74) is 3.71. The number of benzene rings is 3. The van der Waals surface area contributed by atoms with Gasteiger partial charge in [0.2, 0.25) is 0 Å². The largest absolute Gasteiger partial charge is 0.355 e. The summed E-state index contributed by atoms with van der Waals surface area (Å²) in [5.74, 6) is 0. The number of hydrogen-bond donors (Lipinski definition) is 1. The van der Waals surface area contributed by atoms with E-state index in [4.69, 9.17) is 0 Å². The highest BCUT2D eigenvalue weighted by Gasteiger charge is 1.96. The molecule has 3 heteroatoms. The number of hydrogen-bond acceptors (Lipinski definition) is 3. The molecule has 0 unspecified atom stereocenters. The smallest absolute Gasteiger partial charge is 0.0877 e. The second kappa shape index (κ2) is 6.48. The van der Waals surface area contributed by atoms with Crippen molar-refractivity contribution >= 4 is 22.7 Å². The topological polar surface area (TPSA) is 36.8 Å². The van der Waals surface area contributed by atoms with Crippen LogP contribution in [0.1, 0.15) is 0 Å². The molecule has 1 N–H and O–H groups in total. The average Bonchev–Trinajstić information content (AvgIpc) is 2.55. The first kappa shape index (κ1) is 13.1. The summed E-state index contributed by atoms with van der Waals surface area (Å²) >= 11 is 0. The lowest BCUT2D eigenvalue weighted by molar-refractivity contribution is 1.23. The van der Waals surface area contributed by atoms with Crippen LogP contribution in [0.15, 0.2) is 95.2 Å². The highest BCUT2D eigenvalue weighted by atomic mass is 15.1. The fourth-order valence-electron chi connectivity index (χ4n) is 1.94. The molecule has 0 radical (unpaired) electrons. The lowest BCUT2D eigenvalue weighted by Crippen LogP contribution is -1.88. The van der Waals surface area contributed by atoms with Crippen LogP contribution in [0, 0.1) is 0 Å². The maximum absolute atomic E-state index is 4.26. The summed E-state index contributed by atoms with van der Waals surface area (Å²) in [5, 5.41) is 11.8. The second-order valence-electron chi connectivity index (χ2n) is 4.58. The predicted molar refractivity (Wildman–Crippen MR) is 86.8 cm³/mol. The van der Waals surface area contributed by atoms with Gasteiger partial charge in [-0.05, 0) is 42.5 Å². The van der Waals surface area contributed by atoms with E-state index >= 15 is 0 Å². The van der Waals surface area contributed by atoms with Crippen molar-refractivity contribution in [2.24, 2.45) is 10.2 Å². The van der Waals surface area contributed by atoms with Gasteiger partial charge in [-0.15, -0.1) is 0 Å². The molecular weight excluding hydrogens is 258 g/mol. The molecule has 3 aromatic carbocycles. The van der Waals surface area contributed by atoms with E-state index in [-0.39, 0.29) is 0 Å². The lowest BCUT2D eigenvalue weighted by Gasteiger charge is -2.06. The zero-order valence-corrected chi connectivity index (χ0v) is 11.5. The van der Waals surface area contributed by atoms with E-state index in [9.17, 15) is 0 Å². The molecular formula is C18H15N3. The van der Waals surface area contributed by atoms with Gasteiger partial charge in [-0.1, -0.05) is 42.5 Å². The number of nitrogens with zero attached hydrogens (tertiary/aromatic N) is 2. The number of anilines is 2. The van der Waals surface area contributed by atoms with Crippen molar-refractivity contribution in [3.05, 3.63) is 84.9 Å². The predicted octanol–water partition coefficient (Wildman–Crippen LogP) is 5.85. The molecule has 0 aliphatic rings. The van der Waals surface area contributed by atoms with Crippen molar-refractivity contribution in [1.82, 2.24) is 0 Å². The van der Waals surface area contributed by atoms with E-state index in [2.05, 4.69) is 15.5 Å². The van der Waals surface area contributed by atoms with E-state index in [1.165, 1.54) is 0 Å². The third kappa shape index (κ3) is 3.76. The fraction of sp³-hybridized carbons (Fsp3) is 0. The van der Waals surface area contributed by atoms with E-state index in [0.29, 0.717) is 0 Å². The number of rotatable bonds is 4. The molecule has 3 nitrogen and oxygen atoms in total. The van der Waals surface area contributed by atoms with Gasteiger partial charge in [-0.25, -0.2) is 0 Å². The van der Waals surface area contributed by atoms with E-state index in [0.717, 1.165) is 22.7 Å². The minimum Gasteiger partial charge on any atom is -0.355 e. The highest BCUT2D eigenvalue weighted by molar-refractivity contribution is 5.63. The molecule has 3 aromatic rings. The van der Waals surface area contributed by atoms with Gasteiger partial charge in [0.05, 0.1) is 11.4 Å². The summed E-state index contributed by atoms with van der Waals surface area (Å²) in [6.07, 6.45) is 0. The van der Waals surface area contributed by atoms with Crippen molar-refractivity contribution < 1.29 is 0 Å². The Morgan fingerprint density at radius 2 is 1.10 bits per heavy atom. The monoisotopic (exact) mass is 273 g/mol. The van der Waals surface area contributed by atoms with Crippen LogP contribution >= 0.6 is 0 Å². The highest BCUT2D eigenvalue weighted by Crippen LogP contribution is 2.23. The van der Waals surface area contributed by atoms with E-state index < -0.39 is 0 Å². The standard InChI is InChI=1S/C18H15N3/c1-3-8-15(9-4-1)19-17-12-7-13-18(14-17)21-20-16-10-5-2-6-11-16/h1-14,19H. The molecule has 0 amide bonds. The summed E-state index contributed by atoms with van der Waals surface area (Å²) in [6, 6.07) is 27.6. The molecule has 0 atom stereocenters. The zero-order valence-electron chi connectivity index (χ0n) is 11.5. The number of nitrogens with one attached hydrogen (secondary N) is 1. The van der Waals surface area contributed by atoms with Crippen LogP contribution in [0.4, 0.5) is 22.7 Å². The van der Waals surface area contributed by atoms with Crippen LogP contribution in [0.2, 0.25) is 0 Å². The first-order valence-electron chi connectivity index (χ1n) is 6.79. The third-order valence-corrected chi connectivity index (χ3v) is 2.95. The van der Waals surface area contributed by atoms with Crippen LogP contribution in [0.3, 0.4) is 0 Å². The normalized spacial score (nSPS) is 10.7. The van der Waals surface area contributed by atoms with Crippen molar-refractivity contribution in [2.45, 2.75) is 0 Å². The molecule has 0 aliphatic heterocycles. The molecule has 21 heavy (non-hydrogen) atoms. The molecule has 0 heterocycles. The van der Waals surface area contributed by atoms with Gasteiger partial charge in [0.15, 0.2) is 0 Å². The number of para-hydroxylation sites is 1. The average molecular weight is 273 g/mol.